The molecule has 0 aromatic heterocycles. The Balaban J connectivity index is 2.24. The third-order valence-corrected chi connectivity index (χ3v) is 2.22. The Morgan fingerprint density at radius 1 is 1.70 bits per heavy atom. The van der Waals surface area contributed by atoms with Crippen molar-refractivity contribution in [2.45, 2.75) is 25.3 Å². The molecule has 1 heterocycles. The predicted octanol–water partition coefficient (Wildman–Crippen LogP) is 1.42. The molecule has 1 atom stereocenters. The number of nitrogens with zero attached hydrogens (tertiary/aromatic N) is 2. The minimum Gasteiger partial charge on any atom is -0.382 e. The number of hydrogen-bond donors (Lipinski definition) is 1. The third-order valence-electron chi connectivity index (χ3n) is 2.22. The Hall–Kier alpha value is -0.860. The van der Waals surface area contributed by atoms with E-state index in [-0.39, 0.29) is 5.54 Å². The molecule has 1 fully saturated rings. The first-order valence-electron chi connectivity index (χ1n) is 3.62. The molecule has 3 nitrogen and oxygen atoms in total. The first kappa shape index (κ1) is 5.89. The van der Waals surface area contributed by atoms with Crippen molar-refractivity contribution >= 4 is 0 Å². The first-order chi connectivity index (χ1) is 4.71. The molecule has 54 valence electrons. The van der Waals surface area contributed by atoms with Crippen molar-refractivity contribution in [3.8, 4) is 0 Å². The monoisotopic (exact) mass is 137 g/mol. The fourth-order valence-electron chi connectivity index (χ4n) is 1.39. The molecule has 2 aliphatic rings. The molecule has 0 aromatic rings. The van der Waals surface area contributed by atoms with Crippen LogP contribution >= 0.6 is 0 Å². The van der Waals surface area contributed by atoms with Gasteiger partial charge in [-0.25, -0.2) is 0 Å². The van der Waals surface area contributed by atoms with Crippen molar-refractivity contribution in [3.05, 3.63) is 11.9 Å². The Labute approximate surface area is 60.0 Å². The molecule has 3 heteroatoms. The van der Waals surface area contributed by atoms with Crippen LogP contribution in [0.25, 0.3) is 0 Å². The lowest BCUT2D eigenvalue weighted by atomic mass is 9.98. The predicted molar refractivity (Wildman–Crippen MR) is 38.3 cm³/mol. The van der Waals surface area contributed by atoms with Crippen molar-refractivity contribution in [3.63, 3.8) is 0 Å². The van der Waals surface area contributed by atoms with Crippen LogP contribution < -0.4 is 5.73 Å². The van der Waals surface area contributed by atoms with E-state index in [9.17, 15) is 0 Å². The van der Waals surface area contributed by atoms with E-state index in [0.717, 1.165) is 0 Å². The highest BCUT2D eigenvalue weighted by molar-refractivity contribution is 5.18. The van der Waals surface area contributed by atoms with Crippen LogP contribution in [0.5, 0.6) is 0 Å². The van der Waals surface area contributed by atoms with Gasteiger partial charge >= 0.3 is 0 Å². The highest BCUT2D eigenvalue weighted by Gasteiger charge is 2.42. The molecule has 2 rings (SSSR count). The van der Waals surface area contributed by atoms with Crippen LogP contribution in [0.4, 0.5) is 0 Å². The summed E-state index contributed by atoms with van der Waals surface area (Å²) in [6.07, 6.45) is 4.52. The summed E-state index contributed by atoms with van der Waals surface area (Å²) in [6, 6.07) is 0. The highest BCUT2D eigenvalue weighted by atomic mass is 15.2. The van der Waals surface area contributed by atoms with Crippen LogP contribution in [-0.2, 0) is 0 Å². The van der Waals surface area contributed by atoms with E-state index in [0.29, 0.717) is 11.7 Å². The number of hydrogen-bond acceptors (Lipinski definition) is 3. The van der Waals surface area contributed by atoms with Gasteiger partial charge in [-0.1, -0.05) is 0 Å². The fraction of sp³-hybridized carbons (Fsp3) is 0.714. The third kappa shape index (κ3) is 0.735. The van der Waals surface area contributed by atoms with Crippen LogP contribution in [0.15, 0.2) is 22.1 Å². The second-order valence-corrected chi connectivity index (χ2v) is 3.27. The zero-order chi connectivity index (χ0) is 7.19. The molecule has 1 unspecified atom stereocenters. The largest absolute Gasteiger partial charge is 0.382 e. The van der Waals surface area contributed by atoms with Gasteiger partial charge in [0.1, 0.15) is 11.4 Å². The van der Waals surface area contributed by atoms with Crippen molar-refractivity contribution in [1.29, 1.82) is 0 Å². The smallest absolute Gasteiger partial charge is 0.144 e. The Kier molecular flexibility index (Phi) is 0.938. The average Bonchev–Trinajstić information content (AvgIpc) is 2.62. The topological polar surface area (TPSA) is 50.7 Å². The van der Waals surface area contributed by atoms with E-state index >= 15 is 0 Å². The van der Waals surface area contributed by atoms with Crippen LogP contribution in [-0.4, -0.2) is 5.54 Å². The molecule has 0 bridgehead atoms. The molecule has 1 aliphatic carbocycles. The standard InChI is InChI=1S/C7H11N3/c1-7(5-2-3-5)4-6(8)9-10-7/h4-5H,2-3,8H2,1H3. The summed E-state index contributed by atoms with van der Waals surface area (Å²) in [6.45, 7) is 2.09. The lowest BCUT2D eigenvalue weighted by Gasteiger charge is -2.13. The van der Waals surface area contributed by atoms with Gasteiger partial charge in [-0.15, -0.1) is 5.11 Å². The maximum atomic E-state index is 5.48. The normalized spacial score (nSPS) is 38.3. The van der Waals surface area contributed by atoms with Gasteiger partial charge in [0.15, 0.2) is 0 Å². The minimum absolute atomic E-state index is 0.0515. The minimum atomic E-state index is -0.0515. The first-order valence-corrected chi connectivity index (χ1v) is 3.62. The maximum absolute atomic E-state index is 5.48. The quantitative estimate of drug-likeness (QED) is 0.583. The molecule has 10 heavy (non-hydrogen) atoms. The second kappa shape index (κ2) is 1.59. The summed E-state index contributed by atoms with van der Waals surface area (Å²) in [4.78, 5) is 0. The van der Waals surface area contributed by atoms with Crippen molar-refractivity contribution in [2.75, 3.05) is 0 Å². The van der Waals surface area contributed by atoms with Crippen LogP contribution in [0.3, 0.4) is 0 Å². The molecule has 1 saturated carbocycles. The highest BCUT2D eigenvalue weighted by Crippen LogP contribution is 2.44. The summed E-state index contributed by atoms with van der Waals surface area (Å²) in [5.41, 5.74) is 5.43. The fourth-order valence-corrected chi connectivity index (χ4v) is 1.39. The molecule has 0 radical (unpaired) electrons. The van der Waals surface area contributed by atoms with Crippen molar-refractivity contribution in [1.82, 2.24) is 0 Å². The van der Waals surface area contributed by atoms with Crippen LogP contribution in [0.1, 0.15) is 19.8 Å². The molecule has 2 N–H and O–H groups in total. The van der Waals surface area contributed by atoms with Crippen LogP contribution in [0.2, 0.25) is 0 Å². The Bertz CT molecular complexity index is 215. The zero-order valence-electron chi connectivity index (χ0n) is 6.04. The second-order valence-electron chi connectivity index (χ2n) is 3.27. The number of azo groups is 1. The summed E-state index contributed by atoms with van der Waals surface area (Å²) in [7, 11) is 0. The Morgan fingerprint density at radius 3 is 2.80 bits per heavy atom. The summed E-state index contributed by atoms with van der Waals surface area (Å²) < 4.78 is 0. The molecule has 0 saturated heterocycles. The van der Waals surface area contributed by atoms with E-state index in [2.05, 4.69) is 17.2 Å². The molecular weight excluding hydrogens is 126 g/mol. The van der Waals surface area contributed by atoms with Gasteiger partial charge in [-0.3, -0.25) is 0 Å². The SMILES string of the molecule is CC1(C2CC2)C=C(N)N=N1. The van der Waals surface area contributed by atoms with Crippen molar-refractivity contribution < 1.29 is 0 Å². The van der Waals surface area contributed by atoms with Crippen molar-refractivity contribution in [2.24, 2.45) is 21.9 Å². The number of nitrogens with two attached hydrogens (primary N) is 1. The lowest BCUT2D eigenvalue weighted by molar-refractivity contribution is 0.506. The van der Waals surface area contributed by atoms with Gasteiger partial charge in [-0.2, -0.15) is 5.11 Å². The van der Waals surface area contributed by atoms with Gasteiger partial charge in [0.05, 0.1) is 0 Å². The zero-order valence-corrected chi connectivity index (χ0v) is 6.04. The summed E-state index contributed by atoms with van der Waals surface area (Å²) in [5.74, 6) is 1.28. The molecule has 0 aromatic carbocycles. The average molecular weight is 137 g/mol. The van der Waals surface area contributed by atoms with Gasteiger partial charge in [0, 0.05) is 0 Å². The molecular formula is C7H11N3. The summed E-state index contributed by atoms with van der Waals surface area (Å²) >= 11 is 0. The van der Waals surface area contributed by atoms with E-state index in [1.807, 2.05) is 6.08 Å². The Morgan fingerprint density at radius 2 is 2.40 bits per heavy atom. The maximum Gasteiger partial charge on any atom is 0.144 e. The summed E-state index contributed by atoms with van der Waals surface area (Å²) in [5, 5.41) is 7.93. The van der Waals surface area contributed by atoms with Gasteiger partial charge < -0.3 is 5.73 Å². The molecule has 0 spiro atoms. The van der Waals surface area contributed by atoms with E-state index < -0.39 is 0 Å². The van der Waals surface area contributed by atoms with Gasteiger partial charge in [0.25, 0.3) is 0 Å². The van der Waals surface area contributed by atoms with Crippen LogP contribution in [0, 0.1) is 5.92 Å². The van der Waals surface area contributed by atoms with E-state index in [1.165, 1.54) is 12.8 Å². The molecule has 1 aliphatic heterocycles. The van der Waals surface area contributed by atoms with E-state index in [4.69, 9.17) is 5.73 Å². The van der Waals surface area contributed by atoms with Gasteiger partial charge in [0.2, 0.25) is 0 Å². The lowest BCUT2D eigenvalue weighted by Crippen LogP contribution is -2.19. The molecule has 0 amide bonds. The van der Waals surface area contributed by atoms with E-state index in [1.54, 1.807) is 0 Å². The number of rotatable bonds is 1. The van der Waals surface area contributed by atoms with Gasteiger partial charge in [-0.05, 0) is 31.8 Å².